The molecular weight excluding hydrogens is 602 g/mol. The Balaban J connectivity index is 1.69. The molecule has 1 aromatic heterocycles. The Labute approximate surface area is 254 Å². The Bertz CT molecular complexity index is 1690. The van der Waals surface area contributed by atoms with Crippen LogP contribution in [0.1, 0.15) is 45.6 Å². The number of fused-ring (bicyclic) bond motifs is 1. The van der Waals surface area contributed by atoms with Crippen LogP contribution in [-0.4, -0.2) is 46.0 Å². The van der Waals surface area contributed by atoms with Crippen LogP contribution in [0.2, 0.25) is 0 Å². The van der Waals surface area contributed by atoms with Gasteiger partial charge in [0, 0.05) is 23.6 Å². The average molecular weight is 628 g/mol. The average Bonchev–Trinajstić information content (AvgIpc) is 3.39. The lowest BCUT2D eigenvalue weighted by Crippen LogP contribution is -2.55. The van der Waals surface area contributed by atoms with Crippen LogP contribution >= 0.6 is 11.6 Å². The van der Waals surface area contributed by atoms with Crippen molar-refractivity contribution in [1.82, 2.24) is 20.4 Å². The number of alkyl halides is 4. The molecule has 1 aliphatic heterocycles. The molecule has 0 saturated heterocycles. The van der Waals surface area contributed by atoms with Crippen molar-refractivity contribution < 1.29 is 31.9 Å². The van der Waals surface area contributed by atoms with E-state index in [1.54, 1.807) is 35.9 Å². The summed E-state index contributed by atoms with van der Waals surface area (Å²) in [7, 11) is 0. The Kier molecular flexibility index (Phi) is 8.73. The number of para-hydroxylation sites is 1. The Morgan fingerprint density at radius 3 is 2.34 bits per heavy atom. The highest BCUT2D eigenvalue weighted by Gasteiger charge is 2.46. The first-order valence-corrected chi connectivity index (χ1v) is 14.1. The van der Waals surface area contributed by atoms with Crippen molar-refractivity contribution >= 4 is 35.1 Å². The molecule has 1 aliphatic rings. The smallest absolute Gasteiger partial charge is 0.349 e. The number of rotatable bonds is 8. The maximum Gasteiger partial charge on any atom is 0.416 e. The summed E-state index contributed by atoms with van der Waals surface area (Å²) in [6.45, 7) is 1.78. The van der Waals surface area contributed by atoms with Gasteiger partial charge in [-0.05, 0) is 55.0 Å². The van der Waals surface area contributed by atoms with Crippen LogP contribution in [0.4, 0.5) is 23.4 Å². The predicted octanol–water partition coefficient (Wildman–Crippen LogP) is 5.18. The minimum atomic E-state index is -4.68. The number of benzene rings is 3. The molecule has 0 radical (unpaired) electrons. The summed E-state index contributed by atoms with van der Waals surface area (Å²) >= 11 is 5.70. The van der Waals surface area contributed by atoms with Gasteiger partial charge in [-0.2, -0.15) is 18.3 Å². The topological polar surface area (TPSA) is 96.3 Å². The van der Waals surface area contributed by atoms with E-state index in [1.165, 1.54) is 35.2 Å². The van der Waals surface area contributed by atoms with Gasteiger partial charge in [0.15, 0.2) is 0 Å². The van der Waals surface area contributed by atoms with E-state index in [0.29, 0.717) is 34.4 Å². The predicted molar refractivity (Wildman–Crippen MR) is 155 cm³/mol. The van der Waals surface area contributed by atoms with Crippen LogP contribution in [0.15, 0.2) is 78.9 Å². The van der Waals surface area contributed by atoms with Crippen molar-refractivity contribution in [1.29, 1.82) is 0 Å². The third-order valence-electron chi connectivity index (χ3n) is 7.26. The molecule has 0 saturated carbocycles. The standard InChI is InChI=1S/C31H26ClF4N5O3/c1-2-40-29-26(23(17-37-24(42)16-32)39-41(29)22-9-4-3-5-10-22)25(18-11-13-21(33)14-12-18)27(30(40)44)38-28(43)19-7-6-8-20(15-19)31(34,35)36/h3-15,25,27H,2,16-17H2,1H3,(H,37,42)(H,38,43)/t25-,27-/m0/s1. The summed E-state index contributed by atoms with van der Waals surface area (Å²) in [5, 5.41) is 10.1. The summed E-state index contributed by atoms with van der Waals surface area (Å²) in [6.07, 6.45) is -4.68. The van der Waals surface area contributed by atoms with Gasteiger partial charge in [0.1, 0.15) is 23.6 Å². The minimum absolute atomic E-state index is 0.0918. The second kappa shape index (κ2) is 12.5. The van der Waals surface area contributed by atoms with Gasteiger partial charge in [-0.1, -0.05) is 36.4 Å². The highest BCUT2D eigenvalue weighted by Crippen LogP contribution is 2.43. The number of carbonyl (C=O) groups is 3. The lowest BCUT2D eigenvalue weighted by Gasteiger charge is -2.38. The third-order valence-corrected chi connectivity index (χ3v) is 7.51. The van der Waals surface area contributed by atoms with Gasteiger partial charge in [0.25, 0.3) is 11.8 Å². The normalized spacial score (nSPS) is 16.4. The van der Waals surface area contributed by atoms with Crippen molar-refractivity contribution in [2.45, 2.75) is 31.6 Å². The molecule has 228 valence electrons. The summed E-state index contributed by atoms with van der Waals surface area (Å²) in [5.74, 6) is -3.37. The fourth-order valence-corrected chi connectivity index (χ4v) is 5.37. The van der Waals surface area contributed by atoms with Gasteiger partial charge in [-0.15, -0.1) is 11.6 Å². The molecule has 13 heteroatoms. The molecule has 4 aromatic rings. The lowest BCUT2D eigenvalue weighted by atomic mass is 9.80. The van der Waals surface area contributed by atoms with Crippen LogP contribution in [0.5, 0.6) is 0 Å². The van der Waals surface area contributed by atoms with Gasteiger partial charge in [0.05, 0.1) is 23.5 Å². The number of nitrogens with one attached hydrogen (secondary N) is 2. The van der Waals surface area contributed by atoms with Crippen LogP contribution in [0.3, 0.4) is 0 Å². The molecule has 2 atom stereocenters. The van der Waals surface area contributed by atoms with Gasteiger partial charge in [-0.25, -0.2) is 9.07 Å². The number of amides is 3. The molecule has 3 amide bonds. The molecule has 0 bridgehead atoms. The molecule has 5 rings (SSSR count). The van der Waals surface area contributed by atoms with Crippen LogP contribution in [-0.2, 0) is 22.3 Å². The summed E-state index contributed by atoms with van der Waals surface area (Å²) in [5.41, 5.74) is 0.535. The van der Waals surface area contributed by atoms with Crippen LogP contribution in [0.25, 0.3) is 5.69 Å². The summed E-state index contributed by atoms with van der Waals surface area (Å²) in [4.78, 5) is 41.2. The molecule has 2 heterocycles. The van der Waals surface area contributed by atoms with E-state index in [4.69, 9.17) is 16.7 Å². The number of anilines is 1. The number of likely N-dealkylation sites (N-methyl/N-ethyl adjacent to an activating group) is 1. The minimum Gasteiger partial charge on any atom is -0.349 e. The first kappa shape index (κ1) is 30.7. The van der Waals surface area contributed by atoms with Gasteiger partial charge in [0.2, 0.25) is 5.91 Å². The van der Waals surface area contributed by atoms with Gasteiger partial charge in [-0.3, -0.25) is 19.3 Å². The summed E-state index contributed by atoms with van der Waals surface area (Å²) < 4.78 is 55.8. The number of halogens is 5. The molecule has 0 spiro atoms. The number of nitrogens with zero attached hydrogens (tertiary/aromatic N) is 3. The Morgan fingerprint density at radius 1 is 1.00 bits per heavy atom. The fourth-order valence-electron chi connectivity index (χ4n) is 5.28. The molecule has 0 unspecified atom stereocenters. The van der Waals surface area contributed by atoms with Crippen molar-refractivity contribution in [3.8, 4) is 5.69 Å². The van der Waals surface area contributed by atoms with Crippen molar-refractivity contribution in [2.75, 3.05) is 17.3 Å². The molecule has 0 aliphatic carbocycles. The van der Waals surface area contributed by atoms with Crippen molar-refractivity contribution in [3.63, 3.8) is 0 Å². The highest BCUT2D eigenvalue weighted by atomic mass is 35.5. The zero-order valence-corrected chi connectivity index (χ0v) is 24.0. The van der Waals surface area contributed by atoms with Crippen molar-refractivity contribution in [2.24, 2.45) is 0 Å². The van der Waals surface area contributed by atoms with E-state index in [2.05, 4.69) is 10.6 Å². The number of carbonyl (C=O) groups excluding carboxylic acids is 3. The van der Waals surface area contributed by atoms with E-state index in [0.717, 1.165) is 12.1 Å². The maximum absolute atomic E-state index is 14.2. The molecule has 3 aromatic carbocycles. The zero-order valence-electron chi connectivity index (χ0n) is 23.2. The molecule has 0 fully saturated rings. The maximum atomic E-state index is 14.2. The van der Waals surface area contributed by atoms with E-state index in [1.807, 2.05) is 6.07 Å². The van der Waals surface area contributed by atoms with Gasteiger partial charge >= 0.3 is 6.18 Å². The number of hydrogen-bond acceptors (Lipinski definition) is 4. The molecule has 44 heavy (non-hydrogen) atoms. The molecule has 2 N–H and O–H groups in total. The first-order valence-electron chi connectivity index (χ1n) is 13.6. The third kappa shape index (κ3) is 6.02. The summed E-state index contributed by atoms with van der Waals surface area (Å²) in [6, 6.07) is 16.8. The lowest BCUT2D eigenvalue weighted by molar-refractivity contribution is -0.137. The second-order valence-corrected chi connectivity index (χ2v) is 10.3. The van der Waals surface area contributed by atoms with E-state index < -0.39 is 47.2 Å². The van der Waals surface area contributed by atoms with Crippen molar-refractivity contribution in [3.05, 3.63) is 113 Å². The van der Waals surface area contributed by atoms with Crippen LogP contribution in [0, 0.1) is 5.82 Å². The van der Waals surface area contributed by atoms with E-state index in [9.17, 15) is 31.9 Å². The highest BCUT2D eigenvalue weighted by molar-refractivity contribution is 6.27. The Morgan fingerprint density at radius 2 is 1.70 bits per heavy atom. The quantitative estimate of drug-likeness (QED) is 0.208. The van der Waals surface area contributed by atoms with Gasteiger partial charge < -0.3 is 10.6 Å². The molecular formula is C31H26ClF4N5O3. The van der Waals surface area contributed by atoms with Crippen LogP contribution < -0.4 is 15.5 Å². The first-order chi connectivity index (χ1) is 21.0. The number of aromatic nitrogens is 2. The SMILES string of the molecule is CCN1C(=O)[C@@H](NC(=O)c2cccc(C(F)(F)F)c2)[C@@H](c2ccc(F)cc2)c2c(CNC(=O)CCl)nn(-c3ccccc3)c21. The zero-order chi connectivity index (χ0) is 31.6. The number of hydrogen-bond donors (Lipinski definition) is 2. The van der Waals surface area contributed by atoms with E-state index >= 15 is 0 Å². The largest absolute Gasteiger partial charge is 0.416 e. The Hall–Kier alpha value is -4.71. The molecule has 8 nitrogen and oxygen atoms in total. The fraction of sp³-hybridized carbons (Fsp3) is 0.226. The van der Waals surface area contributed by atoms with E-state index in [-0.39, 0.29) is 24.5 Å². The second-order valence-electron chi connectivity index (χ2n) is 9.98. The monoisotopic (exact) mass is 627 g/mol.